The van der Waals surface area contributed by atoms with Crippen LogP contribution in [0, 0.1) is 10.1 Å². The molecule has 1 saturated heterocycles. The van der Waals surface area contributed by atoms with Crippen LogP contribution in [0.25, 0.3) is 0 Å². The Morgan fingerprint density at radius 2 is 1.74 bits per heavy atom. The third-order valence-corrected chi connectivity index (χ3v) is 10.0. The summed E-state index contributed by atoms with van der Waals surface area (Å²) in [6, 6.07) is 15.2. The highest BCUT2D eigenvalue weighted by Gasteiger charge is 2.30. The van der Waals surface area contributed by atoms with Crippen molar-refractivity contribution in [3.05, 3.63) is 87.5 Å². The van der Waals surface area contributed by atoms with Crippen LogP contribution in [0.5, 0.6) is 11.5 Å². The summed E-state index contributed by atoms with van der Waals surface area (Å²) in [5, 5.41) is 18.0. The van der Waals surface area contributed by atoms with Gasteiger partial charge in [0.25, 0.3) is 27.5 Å². The number of fused-ring (bicyclic) bond motifs is 1. The zero-order valence-corrected chi connectivity index (χ0v) is 25.9. The first-order chi connectivity index (χ1) is 22.2. The summed E-state index contributed by atoms with van der Waals surface area (Å²) >= 11 is 0. The number of carbonyl (C=O) groups is 2. The van der Waals surface area contributed by atoms with Crippen LogP contribution < -0.4 is 20.1 Å². The zero-order chi connectivity index (χ0) is 32.3. The van der Waals surface area contributed by atoms with Crippen molar-refractivity contribution < 1.29 is 32.4 Å². The Hall–Kier alpha value is -4.53. The van der Waals surface area contributed by atoms with Gasteiger partial charge < -0.3 is 20.1 Å². The fraction of sp³-hybridized carbons (Fsp3) is 0.375. The summed E-state index contributed by atoms with van der Waals surface area (Å²) < 4.78 is 40.1. The number of morpholine rings is 1. The van der Waals surface area contributed by atoms with E-state index in [4.69, 9.17) is 9.47 Å². The van der Waals surface area contributed by atoms with Gasteiger partial charge in [-0.1, -0.05) is 18.2 Å². The van der Waals surface area contributed by atoms with Crippen LogP contribution in [0.2, 0.25) is 0 Å². The minimum atomic E-state index is -4.50. The van der Waals surface area contributed by atoms with Crippen molar-refractivity contribution in [2.24, 2.45) is 0 Å². The molecule has 2 heterocycles. The molecule has 1 saturated carbocycles. The Morgan fingerprint density at radius 1 is 1.00 bits per heavy atom. The summed E-state index contributed by atoms with van der Waals surface area (Å²) in [5.41, 5.74) is 0.911. The molecule has 3 N–H and O–H groups in total. The van der Waals surface area contributed by atoms with Gasteiger partial charge in [0, 0.05) is 48.9 Å². The lowest BCUT2D eigenvalue weighted by molar-refractivity contribution is -0.384. The number of anilines is 1. The molecule has 0 spiro atoms. The fourth-order valence-electron chi connectivity index (χ4n) is 6.33. The van der Waals surface area contributed by atoms with Crippen LogP contribution in [0.3, 0.4) is 0 Å². The lowest BCUT2D eigenvalue weighted by Crippen LogP contribution is -2.46. The van der Waals surface area contributed by atoms with E-state index in [1.807, 2.05) is 4.72 Å². The molecule has 0 radical (unpaired) electrons. The molecule has 46 heavy (non-hydrogen) atoms. The third kappa shape index (κ3) is 6.83. The van der Waals surface area contributed by atoms with E-state index in [0.717, 1.165) is 58.1 Å². The van der Waals surface area contributed by atoms with Gasteiger partial charge in [-0.2, -0.15) is 0 Å². The lowest BCUT2D eigenvalue weighted by Gasteiger charge is -2.39. The van der Waals surface area contributed by atoms with Gasteiger partial charge in [-0.3, -0.25) is 24.6 Å². The average molecular weight is 650 g/mol. The van der Waals surface area contributed by atoms with Gasteiger partial charge in [0.15, 0.2) is 0 Å². The molecule has 2 amide bonds. The van der Waals surface area contributed by atoms with Crippen molar-refractivity contribution in [3.63, 3.8) is 0 Å². The third-order valence-electron chi connectivity index (χ3n) is 8.71. The van der Waals surface area contributed by atoms with E-state index in [1.54, 1.807) is 30.3 Å². The molecular formula is C32H35N5O8S. The first-order valence-corrected chi connectivity index (χ1v) is 16.8. The zero-order valence-electron chi connectivity index (χ0n) is 25.1. The Morgan fingerprint density at radius 3 is 2.50 bits per heavy atom. The average Bonchev–Trinajstić information content (AvgIpc) is 3.06. The number of hydrogen-bond donors (Lipinski definition) is 3. The molecule has 0 aromatic heterocycles. The molecule has 3 aliphatic rings. The van der Waals surface area contributed by atoms with Crippen LogP contribution in [-0.2, 0) is 21.2 Å². The largest absolute Gasteiger partial charge is 0.456 e. The van der Waals surface area contributed by atoms with Crippen LogP contribution in [-0.4, -0.2) is 75.0 Å². The molecule has 3 aromatic carbocycles. The number of carbonyl (C=O) groups excluding carboxylic acids is 2. The maximum atomic E-state index is 13.3. The molecule has 6 rings (SSSR count). The first-order valence-electron chi connectivity index (χ1n) is 15.3. The summed E-state index contributed by atoms with van der Waals surface area (Å²) in [6.45, 7) is 3.72. The number of amides is 2. The number of para-hydroxylation sites is 1. The second kappa shape index (κ2) is 13.4. The number of nitrogens with zero attached hydrogens (tertiary/aromatic N) is 2. The highest BCUT2D eigenvalue weighted by molar-refractivity contribution is 7.90. The number of nitrogens with one attached hydrogen (secondary N) is 3. The lowest BCUT2D eigenvalue weighted by atomic mass is 9.89. The molecule has 1 aliphatic carbocycles. The summed E-state index contributed by atoms with van der Waals surface area (Å²) in [4.78, 5) is 38.9. The minimum Gasteiger partial charge on any atom is -0.456 e. The normalized spacial score (nSPS) is 20.2. The Labute approximate surface area is 266 Å². The summed E-state index contributed by atoms with van der Waals surface area (Å²) in [7, 11) is -4.50. The Balaban J connectivity index is 1.15. The molecular weight excluding hydrogens is 614 g/mol. The van der Waals surface area contributed by atoms with Crippen molar-refractivity contribution in [2.75, 3.05) is 38.2 Å². The molecule has 13 nitrogen and oxygen atoms in total. The van der Waals surface area contributed by atoms with E-state index in [2.05, 4.69) is 15.5 Å². The number of hydrogen-bond acceptors (Lipinski definition) is 10. The van der Waals surface area contributed by atoms with Crippen LogP contribution >= 0.6 is 0 Å². The number of nitro benzene ring substituents is 1. The van der Waals surface area contributed by atoms with Gasteiger partial charge in [-0.05, 0) is 68.5 Å². The molecule has 14 heteroatoms. The Bertz CT molecular complexity index is 1750. The van der Waals surface area contributed by atoms with Gasteiger partial charge in [0.1, 0.15) is 17.2 Å². The standard InChI is InChI=1S/C32H35N5O8S/c38-31-25-5-3-7-29(24(25)14-15-33-31)45-30-6-2-1-4-26(30)32(39)35-46(42,43)23-12-13-27(28(20-23)37(40)41)34-21-8-10-22(11-9-21)36-16-18-44-19-17-36/h1-7,12-13,20-22,34H,8-11,14-19H2,(H,33,38)(H,35,39). The van der Waals surface area contributed by atoms with Crippen LogP contribution in [0.4, 0.5) is 11.4 Å². The number of sulfonamides is 1. The summed E-state index contributed by atoms with van der Waals surface area (Å²) in [5.74, 6) is -0.734. The molecule has 0 atom stereocenters. The molecule has 3 aromatic rings. The Kier molecular flexibility index (Phi) is 9.20. The number of benzene rings is 3. The predicted molar refractivity (Wildman–Crippen MR) is 169 cm³/mol. The molecule has 242 valence electrons. The van der Waals surface area contributed by atoms with Crippen molar-refractivity contribution in [2.45, 2.75) is 49.1 Å². The second-order valence-electron chi connectivity index (χ2n) is 11.6. The van der Waals surface area contributed by atoms with Crippen LogP contribution in [0.1, 0.15) is 52.0 Å². The SMILES string of the molecule is O=C(NS(=O)(=O)c1ccc(NC2CCC(N3CCOCC3)CC2)c([N+](=O)[O-])c1)c1ccccc1Oc1cccc2c1CCNC2=O. The van der Waals surface area contributed by atoms with Gasteiger partial charge in [0.2, 0.25) is 0 Å². The highest BCUT2D eigenvalue weighted by atomic mass is 32.2. The van der Waals surface area contributed by atoms with E-state index in [1.165, 1.54) is 24.3 Å². The van der Waals surface area contributed by atoms with Gasteiger partial charge in [0.05, 0.1) is 28.6 Å². The molecule has 2 fully saturated rings. The number of rotatable bonds is 9. The quantitative estimate of drug-likeness (QED) is 0.229. The molecule has 0 bridgehead atoms. The van der Waals surface area contributed by atoms with Crippen molar-refractivity contribution in [3.8, 4) is 11.5 Å². The van der Waals surface area contributed by atoms with E-state index in [9.17, 15) is 28.1 Å². The van der Waals surface area contributed by atoms with Crippen molar-refractivity contribution >= 4 is 33.2 Å². The predicted octanol–water partition coefficient (Wildman–Crippen LogP) is 3.85. The number of ether oxygens (including phenoxy) is 2. The maximum absolute atomic E-state index is 13.3. The highest BCUT2D eigenvalue weighted by Crippen LogP contribution is 2.34. The van der Waals surface area contributed by atoms with E-state index in [0.29, 0.717) is 35.9 Å². The van der Waals surface area contributed by atoms with Gasteiger partial charge >= 0.3 is 0 Å². The summed E-state index contributed by atoms with van der Waals surface area (Å²) in [6.07, 6.45) is 4.10. The fourth-order valence-corrected chi connectivity index (χ4v) is 7.31. The van der Waals surface area contributed by atoms with Gasteiger partial charge in [-0.25, -0.2) is 13.1 Å². The second-order valence-corrected chi connectivity index (χ2v) is 13.2. The minimum absolute atomic E-state index is 0.0132. The first kappa shape index (κ1) is 31.5. The monoisotopic (exact) mass is 649 g/mol. The van der Waals surface area contributed by atoms with E-state index in [-0.39, 0.29) is 28.9 Å². The van der Waals surface area contributed by atoms with E-state index < -0.39 is 31.4 Å². The van der Waals surface area contributed by atoms with Crippen molar-refractivity contribution in [1.29, 1.82) is 0 Å². The van der Waals surface area contributed by atoms with Gasteiger partial charge in [-0.15, -0.1) is 0 Å². The number of nitro groups is 1. The maximum Gasteiger partial charge on any atom is 0.293 e. The molecule has 2 aliphatic heterocycles. The smallest absolute Gasteiger partial charge is 0.293 e. The van der Waals surface area contributed by atoms with Crippen LogP contribution in [0.15, 0.2) is 65.6 Å². The van der Waals surface area contributed by atoms with E-state index >= 15 is 0 Å². The topological polar surface area (TPSA) is 169 Å². The van der Waals surface area contributed by atoms with Crippen molar-refractivity contribution in [1.82, 2.24) is 14.9 Å². The molecule has 0 unspecified atom stereocenters.